The van der Waals surface area contributed by atoms with Gasteiger partial charge < -0.3 is 15.4 Å². The number of nitrogens with zero attached hydrogens (tertiary/aromatic N) is 1. The van der Waals surface area contributed by atoms with Crippen LogP contribution in [0.3, 0.4) is 0 Å². The SMILES string of the molecule is CNC(=O)c1cccc(OCC(=O)Nc2ncc(C3CCNCC3)s2)c1. The maximum Gasteiger partial charge on any atom is 0.264 e. The number of benzene rings is 1. The number of rotatable bonds is 6. The molecule has 1 aromatic carbocycles. The summed E-state index contributed by atoms with van der Waals surface area (Å²) >= 11 is 1.52. The van der Waals surface area contributed by atoms with E-state index in [0.717, 1.165) is 25.9 Å². The fourth-order valence-electron chi connectivity index (χ4n) is 2.82. The number of amides is 2. The summed E-state index contributed by atoms with van der Waals surface area (Å²) in [4.78, 5) is 29.2. The molecule has 2 aromatic rings. The number of carbonyl (C=O) groups is 2. The standard InChI is InChI=1S/C18H22N4O3S/c1-19-17(24)13-3-2-4-14(9-13)25-11-16(23)22-18-21-10-15(26-18)12-5-7-20-8-6-12/h2-4,9-10,12,20H,5-8,11H2,1H3,(H,19,24)(H,21,22,23). The van der Waals surface area contributed by atoms with E-state index in [1.54, 1.807) is 31.3 Å². The van der Waals surface area contributed by atoms with Gasteiger partial charge in [-0.2, -0.15) is 0 Å². The van der Waals surface area contributed by atoms with Gasteiger partial charge in [0.2, 0.25) is 0 Å². The van der Waals surface area contributed by atoms with E-state index in [9.17, 15) is 9.59 Å². The first-order chi connectivity index (χ1) is 12.7. The van der Waals surface area contributed by atoms with E-state index in [1.807, 2.05) is 6.20 Å². The highest BCUT2D eigenvalue weighted by Gasteiger charge is 2.18. The van der Waals surface area contributed by atoms with Crippen LogP contribution in [0.5, 0.6) is 5.75 Å². The maximum absolute atomic E-state index is 12.1. The third-order valence-corrected chi connectivity index (χ3v) is 5.28. The van der Waals surface area contributed by atoms with Crippen LogP contribution in [0.2, 0.25) is 0 Å². The molecule has 0 unspecified atom stereocenters. The van der Waals surface area contributed by atoms with Crippen molar-refractivity contribution < 1.29 is 14.3 Å². The van der Waals surface area contributed by atoms with Crippen molar-refractivity contribution >= 4 is 28.3 Å². The predicted octanol–water partition coefficient (Wildman–Crippen LogP) is 1.99. The monoisotopic (exact) mass is 374 g/mol. The Balaban J connectivity index is 1.51. The molecule has 26 heavy (non-hydrogen) atoms. The largest absolute Gasteiger partial charge is 0.484 e. The number of hydrogen-bond acceptors (Lipinski definition) is 6. The smallest absolute Gasteiger partial charge is 0.264 e. The van der Waals surface area contributed by atoms with Crippen LogP contribution >= 0.6 is 11.3 Å². The third kappa shape index (κ3) is 4.80. The van der Waals surface area contributed by atoms with Gasteiger partial charge in [-0.15, -0.1) is 11.3 Å². The second-order valence-electron chi connectivity index (χ2n) is 6.04. The van der Waals surface area contributed by atoms with Crippen LogP contribution in [0, 0.1) is 0 Å². The second kappa shape index (κ2) is 8.77. The minimum absolute atomic E-state index is 0.139. The zero-order valence-electron chi connectivity index (χ0n) is 14.6. The number of thiazole rings is 1. The lowest BCUT2D eigenvalue weighted by molar-refractivity contribution is -0.118. The Morgan fingerprint density at radius 1 is 1.35 bits per heavy atom. The maximum atomic E-state index is 12.1. The van der Waals surface area contributed by atoms with Crippen molar-refractivity contribution in [2.75, 3.05) is 32.1 Å². The molecule has 3 rings (SSSR count). The van der Waals surface area contributed by atoms with Gasteiger partial charge in [-0.05, 0) is 50.0 Å². The number of nitrogens with one attached hydrogen (secondary N) is 3. The van der Waals surface area contributed by atoms with Crippen LogP contribution in [-0.4, -0.2) is 43.5 Å². The summed E-state index contributed by atoms with van der Waals surface area (Å²) in [6.45, 7) is 1.90. The van der Waals surface area contributed by atoms with Crippen LogP contribution in [0.1, 0.15) is 34.0 Å². The van der Waals surface area contributed by atoms with Crippen LogP contribution in [0.15, 0.2) is 30.5 Å². The molecule has 1 aromatic heterocycles. The summed E-state index contributed by atoms with van der Waals surface area (Å²) in [5, 5.41) is 9.25. The quantitative estimate of drug-likeness (QED) is 0.719. The molecular formula is C18H22N4O3S. The molecule has 3 N–H and O–H groups in total. The Morgan fingerprint density at radius 3 is 2.92 bits per heavy atom. The summed E-state index contributed by atoms with van der Waals surface area (Å²) in [6, 6.07) is 6.70. The van der Waals surface area contributed by atoms with Gasteiger partial charge in [0.25, 0.3) is 11.8 Å². The summed E-state index contributed by atoms with van der Waals surface area (Å²) in [7, 11) is 1.56. The van der Waals surface area contributed by atoms with E-state index < -0.39 is 0 Å². The molecule has 1 fully saturated rings. The van der Waals surface area contributed by atoms with Crippen molar-refractivity contribution in [3.63, 3.8) is 0 Å². The first kappa shape index (κ1) is 18.3. The van der Waals surface area contributed by atoms with E-state index in [-0.39, 0.29) is 18.4 Å². The average Bonchev–Trinajstić information content (AvgIpc) is 3.15. The summed E-state index contributed by atoms with van der Waals surface area (Å²) in [5.41, 5.74) is 0.483. The molecule has 0 bridgehead atoms. The first-order valence-corrected chi connectivity index (χ1v) is 9.38. The Bertz CT molecular complexity index is 771. The average molecular weight is 374 g/mol. The van der Waals surface area contributed by atoms with Gasteiger partial charge in [0.1, 0.15) is 5.75 Å². The van der Waals surface area contributed by atoms with Crippen LogP contribution in [0.25, 0.3) is 0 Å². The summed E-state index contributed by atoms with van der Waals surface area (Å²) in [5.74, 6) is 0.508. The zero-order valence-corrected chi connectivity index (χ0v) is 15.4. The molecule has 0 saturated carbocycles. The molecule has 1 aliphatic rings. The highest BCUT2D eigenvalue weighted by molar-refractivity contribution is 7.15. The summed E-state index contributed by atoms with van der Waals surface area (Å²) in [6.07, 6.45) is 4.05. The Hall–Kier alpha value is -2.45. The van der Waals surface area contributed by atoms with Crippen molar-refractivity contribution in [2.45, 2.75) is 18.8 Å². The van der Waals surface area contributed by atoms with Crippen molar-refractivity contribution in [3.05, 3.63) is 40.9 Å². The second-order valence-corrected chi connectivity index (χ2v) is 7.10. The van der Waals surface area contributed by atoms with E-state index in [2.05, 4.69) is 20.9 Å². The molecule has 7 nitrogen and oxygen atoms in total. The molecule has 138 valence electrons. The van der Waals surface area contributed by atoms with Crippen molar-refractivity contribution in [1.29, 1.82) is 0 Å². The van der Waals surface area contributed by atoms with Gasteiger partial charge in [-0.1, -0.05) is 6.07 Å². The molecule has 2 amide bonds. The molecule has 0 atom stereocenters. The van der Waals surface area contributed by atoms with Crippen molar-refractivity contribution in [2.24, 2.45) is 0 Å². The van der Waals surface area contributed by atoms with E-state index >= 15 is 0 Å². The Labute approximate surface area is 156 Å². The van der Waals surface area contributed by atoms with Crippen LogP contribution < -0.4 is 20.7 Å². The highest BCUT2D eigenvalue weighted by atomic mass is 32.1. The minimum Gasteiger partial charge on any atom is -0.484 e. The van der Waals surface area contributed by atoms with E-state index in [1.165, 1.54) is 16.2 Å². The molecule has 1 aliphatic heterocycles. The van der Waals surface area contributed by atoms with Crippen molar-refractivity contribution in [3.8, 4) is 5.75 Å². The fraction of sp³-hybridized carbons (Fsp3) is 0.389. The van der Waals surface area contributed by atoms with Gasteiger partial charge in [0.05, 0.1) is 0 Å². The van der Waals surface area contributed by atoms with Gasteiger partial charge in [0, 0.05) is 23.7 Å². The van der Waals surface area contributed by atoms with Gasteiger partial charge >= 0.3 is 0 Å². The number of carbonyl (C=O) groups excluding carboxylic acids is 2. The third-order valence-electron chi connectivity index (χ3n) is 4.20. The fourth-order valence-corrected chi connectivity index (χ4v) is 3.82. The lowest BCUT2D eigenvalue weighted by Gasteiger charge is -2.20. The lowest BCUT2D eigenvalue weighted by atomic mass is 9.97. The van der Waals surface area contributed by atoms with Gasteiger partial charge in [0.15, 0.2) is 11.7 Å². The van der Waals surface area contributed by atoms with Crippen molar-refractivity contribution in [1.82, 2.24) is 15.6 Å². The van der Waals surface area contributed by atoms with Crippen LogP contribution in [0.4, 0.5) is 5.13 Å². The lowest BCUT2D eigenvalue weighted by Crippen LogP contribution is -2.26. The zero-order chi connectivity index (χ0) is 18.4. The molecule has 0 aliphatic carbocycles. The topological polar surface area (TPSA) is 92.3 Å². The minimum atomic E-state index is -0.276. The molecule has 1 saturated heterocycles. The predicted molar refractivity (Wildman–Crippen MR) is 101 cm³/mol. The molecule has 0 radical (unpaired) electrons. The number of aromatic nitrogens is 1. The first-order valence-electron chi connectivity index (χ1n) is 8.57. The van der Waals surface area contributed by atoms with E-state index in [4.69, 9.17) is 4.74 Å². The number of hydrogen-bond donors (Lipinski definition) is 3. The molecular weight excluding hydrogens is 352 g/mol. The molecule has 0 spiro atoms. The van der Waals surface area contributed by atoms with Gasteiger partial charge in [-0.3, -0.25) is 14.9 Å². The van der Waals surface area contributed by atoms with E-state index in [0.29, 0.717) is 22.4 Å². The van der Waals surface area contributed by atoms with Crippen LogP contribution in [-0.2, 0) is 4.79 Å². The number of anilines is 1. The van der Waals surface area contributed by atoms with Gasteiger partial charge in [-0.25, -0.2) is 4.98 Å². The Kier molecular flexibility index (Phi) is 6.19. The molecule has 2 heterocycles. The number of piperidine rings is 1. The Morgan fingerprint density at radius 2 is 2.15 bits per heavy atom. The molecule has 8 heteroatoms. The summed E-state index contributed by atoms with van der Waals surface area (Å²) < 4.78 is 5.48. The normalized spacial score (nSPS) is 14.7. The highest BCUT2D eigenvalue weighted by Crippen LogP contribution is 2.31. The number of ether oxygens (including phenoxy) is 1.